The van der Waals surface area contributed by atoms with Gasteiger partial charge in [-0.2, -0.15) is 15.1 Å². The van der Waals surface area contributed by atoms with Crippen LogP contribution in [0.25, 0.3) is 16.7 Å². The molecule has 4 aromatic rings. The first-order valence-corrected chi connectivity index (χ1v) is 11.0. The maximum absolute atomic E-state index is 9.21. The van der Waals surface area contributed by atoms with Gasteiger partial charge in [0.25, 0.3) is 0 Å². The summed E-state index contributed by atoms with van der Waals surface area (Å²) in [6.07, 6.45) is 3.43. The van der Waals surface area contributed by atoms with Crippen molar-refractivity contribution < 1.29 is 9.52 Å². The Hall–Kier alpha value is -3.14. The van der Waals surface area contributed by atoms with Crippen molar-refractivity contribution >= 4 is 34.4 Å². The van der Waals surface area contributed by atoms with Crippen LogP contribution in [0, 0.1) is 0 Å². The minimum Gasteiger partial charge on any atom is -0.467 e. The van der Waals surface area contributed by atoms with Crippen LogP contribution in [-0.4, -0.2) is 69.1 Å². The number of β-amino-alcohol motifs (C(OH)–C–C–N with tert-alkyl or cyclic N) is 1. The molecule has 0 aliphatic carbocycles. The summed E-state index contributed by atoms with van der Waals surface area (Å²) in [6.45, 7) is 4.66. The van der Waals surface area contributed by atoms with E-state index in [4.69, 9.17) is 26.0 Å². The number of piperazine rings is 1. The molecule has 0 saturated carbocycles. The second-order valence-electron chi connectivity index (χ2n) is 7.63. The van der Waals surface area contributed by atoms with Crippen molar-refractivity contribution in [1.82, 2.24) is 24.6 Å². The molecule has 1 aliphatic rings. The van der Waals surface area contributed by atoms with E-state index in [0.717, 1.165) is 48.7 Å². The number of anilines is 2. The van der Waals surface area contributed by atoms with Crippen LogP contribution in [0.15, 0.2) is 53.3 Å². The monoisotopic (exact) mass is 453 g/mol. The molecule has 1 saturated heterocycles. The zero-order valence-electron chi connectivity index (χ0n) is 17.5. The molecule has 4 heterocycles. The molecule has 2 N–H and O–H groups in total. The average Bonchev–Trinajstić information content (AvgIpc) is 3.49. The lowest BCUT2D eigenvalue weighted by molar-refractivity contribution is 0.188. The van der Waals surface area contributed by atoms with E-state index in [0.29, 0.717) is 29.9 Å². The number of hydrogen-bond acceptors (Lipinski definition) is 8. The Kier molecular flexibility index (Phi) is 5.93. The molecule has 0 amide bonds. The van der Waals surface area contributed by atoms with Crippen molar-refractivity contribution in [3.05, 3.63) is 59.6 Å². The maximum Gasteiger partial charge on any atom is 0.229 e. The number of nitrogens with one attached hydrogen (secondary N) is 1. The lowest BCUT2D eigenvalue weighted by Crippen LogP contribution is -2.47. The maximum atomic E-state index is 9.21. The molecule has 0 spiro atoms. The third-order valence-electron chi connectivity index (χ3n) is 5.57. The van der Waals surface area contributed by atoms with Crippen LogP contribution in [0.2, 0.25) is 5.02 Å². The molecular weight excluding hydrogens is 430 g/mol. The summed E-state index contributed by atoms with van der Waals surface area (Å²) >= 11 is 6.07. The standard InChI is InChI=1S/C22H24ClN7O2/c23-16-3-5-17(6-4-16)30-21-19(15-25-30)20(24-14-18-2-1-13-32-18)26-22(27-21)29-9-7-28(8-10-29)11-12-31/h1-6,13,15,31H,7-12,14H2,(H,24,26,27). The highest BCUT2D eigenvalue weighted by Gasteiger charge is 2.22. The third kappa shape index (κ3) is 4.27. The number of rotatable bonds is 7. The molecule has 1 aliphatic heterocycles. The average molecular weight is 454 g/mol. The number of furan rings is 1. The van der Waals surface area contributed by atoms with Gasteiger partial charge in [-0.3, -0.25) is 4.90 Å². The van der Waals surface area contributed by atoms with E-state index >= 15 is 0 Å². The Morgan fingerprint density at radius 3 is 2.59 bits per heavy atom. The summed E-state index contributed by atoms with van der Waals surface area (Å²) < 4.78 is 7.26. The van der Waals surface area contributed by atoms with Gasteiger partial charge < -0.3 is 19.7 Å². The number of nitrogens with zero attached hydrogens (tertiary/aromatic N) is 6. The van der Waals surface area contributed by atoms with Gasteiger partial charge in [0.2, 0.25) is 5.95 Å². The fourth-order valence-electron chi connectivity index (χ4n) is 3.84. The molecule has 166 valence electrons. The number of fused-ring (bicyclic) bond motifs is 1. The molecule has 0 bridgehead atoms. The fourth-order valence-corrected chi connectivity index (χ4v) is 3.97. The summed E-state index contributed by atoms with van der Waals surface area (Å²) in [5, 5.41) is 18.7. The first-order chi connectivity index (χ1) is 15.7. The molecule has 1 aromatic carbocycles. The van der Waals surface area contributed by atoms with Crippen LogP contribution in [0.5, 0.6) is 0 Å². The highest BCUT2D eigenvalue weighted by atomic mass is 35.5. The van der Waals surface area contributed by atoms with Gasteiger partial charge in [-0.25, -0.2) is 4.68 Å². The number of benzene rings is 1. The molecule has 0 radical (unpaired) electrons. The summed E-state index contributed by atoms with van der Waals surface area (Å²) in [5.41, 5.74) is 1.59. The molecule has 0 atom stereocenters. The summed E-state index contributed by atoms with van der Waals surface area (Å²) in [5.74, 6) is 2.18. The molecule has 9 nitrogen and oxygen atoms in total. The van der Waals surface area contributed by atoms with Gasteiger partial charge in [-0.05, 0) is 36.4 Å². The molecule has 3 aromatic heterocycles. The van der Waals surface area contributed by atoms with Crippen molar-refractivity contribution in [3.63, 3.8) is 0 Å². The topological polar surface area (TPSA) is 95.5 Å². The van der Waals surface area contributed by atoms with E-state index in [2.05, 4.69) is 20.2 Å². The normalized spacial score (nSPS) is 14.9. The third-order valence-corrected chi connectivity index (χ3v) is 5.82. The number of halogens is 1. The molecule has 1 fully saturated rings. The van der Waals surface area contributed by atoms with Crippen LogP contribution >= 0.6 is 11.6 Å². The van der Waals surface area contributed by atoms with Gasteiger partial charge in [-0.15, -0.1) is 0 Å². The Labute approximate surface area is 190 Å². The Bertz CT molecular complexity index is 1170. The minimum absolute atomic E-state index is 0.170. The van der Waals surface area contributed by atoms with Crippen molar-refractivity contribution in [2.75, 3.05) is 49.5 Å². The van der Waals surface area contributed by atoms with Gasteiger partial charge >= 0.3 is 0 Å². The van der Waals surface area contributed by atoms with E-state index in [1.165, 1.54) is 0 Å². The van der Waals surface area contributed by atoms with E-state index < -0.39 is 0 Å². The Morgan fingerprint density at radius 2 is 1.88 bits per heavy atom. The van der Waals surface area contributed by atoms with Crippen LogP contribution in [0.1, 0.15) is 5.76 Å². The van der Waals surface area contributed by atoms with E-state index in [1.807, 2.05) is 36.4 Å². The number of hydrogen-bond donors (Lipinski definition) is 2. The summed E-state index contributed by atoms with van der Waals surface area (Å²) in [4.78, 5) is 14.1. The predicted molar refractivity (Wildman–Crippen MR) is 123 cm³/mol. The van der Waals surface area contributed by atoms with Crippen LogP contribution in [0.4, 0.5) is 11.8 Å². The first kappa shape index (κ1) is 20.7. The van der Waals surface area contributed by atoms with Crippen molar-refractivity contribution in [3.8, 4) is 5.69 Å². The van der Waals surface area contributed by atoms with E-state index in [-0.39, 0.29) is 6.61 Å². The highest BCUT2D eigenvalue weighted by molar-refractivity contribution is 6.30. The fraction of sp³-hybridized carbons (Fsp3) is 0.318. The smallest absolute Gasteiger partial charge is 0.229 e. The zero-order valence-corrected chi connectivity index (χ0v) is 18.2. The molecule has 32 heavy (non-hydrogen) atoms. The quantitative estimate of drug-likeness (QED) is 0.441. The van der Waals surface area contributed by atoms with Gasteiger partial charge in [-0.1, -0.05) is 11.6 Å². The van der Waals surface area contributed by atoms with Gasteiger partial charge in [0.15, 0.2) is 5.65 Å². The predicted octanol–water partition coefficient (Wildman–Crippen LogP) is 2.79. The number of aliphatic hydroxyl groups is 1. The van der Waals surface area contributed by atoms with Crippen molar-refractivity contribution in [2.24, 2.45) is 0 Å². The van der Waals surface area contributed by atoms with E-state index in [1.54, 1.807) is 17.1 Å². The SMILES string of the molecule is OCCN1CCN(c2nc(NCc3ccco3)c3cnn(-c4ccc(Cl)cc4)c3n2)CC1. The van der Waals surface area contributed by atoms with Crippen LogP contribution in [-0.2, 0) is 6.54 Å². The summed E-state index contributed by atoms with van der Waals surface area (Å²) in [7, 11) is 0. The van der Waals surface area contributed by atoms with E-state index in [9.17, 15) is 5.11 Å². The first-order valence-electron chi connectivity index (χ1n) is 10.6. The molecular formula is C22H24ClN7O2. The second kappa shape index (κ2) is 9.15. The van der Waals surface area contributed by atoms with Crippen molar-refractivity contribution in [1.29, 1.82) is 0 Å². The Balaban J connectivity index is 1.51. The highest BCUT2D eigenvalue weighted by Crippen LogP contribution is 2.27. The van der Waals surface area contributed by atoms with Gasteiger partial charge in [0.05, 0.1) is 36.7 Å². The second-order valence-corrected chi connectivity index (χ2v) is 8.06. The van der Waals surface area contributed by atoms with Crippen LogP contribution < -0.4 is 10.2 Å². The molecule has 10 heteroatoms. The van der Waals surface area contributed by atoms with Crippen LogP contribution in [0.3, 0.4) is 0 Å². The largest absolute Gasteiger partial charge is 0.467 e. The van der Waals surface area contributed by atoms with Gasteiger partial charge in [0, 0.05) is 37.7 Å². The van der Waals surface area contributed by atoms with Gasteiger partial charge in [0.1, 0.15) is 11.6 Å². The molecule has 0 unspecified atom stereocenters. The zero-order chi connectivity index (χ0) is 21.9. The summed E-state index contributed by atoms with van der Waals surface area (Å²) in [6, 6.07) is 11.3. The Morgan fingerprint density at radius 1 is 1.06 bits per heavy atom. The molecule has 5 rings (SSSR count). The van der Waals surface area contributed by atoms with Crippen molar-refractivity contribution in [2.45, 2.75) is 6.54 Å². The number of aromatic nitrogens is 4. The lowest BCUT2D eigenvalue weighted by atomic mass is 10.3. The number of aliphatic hydroxyl groups excluding tert-OH is 1. The lowest BCUT2D eigenvalue weighted by Gasteiger charge is -2.34. The minimum atomic E-state index is 0.170.